The first-order valence-electron chi connectivity index (χ1n) is 9.82. The van der Waals surface area contributed by atoms with E-state index in [-0.39, 0.29) is 25.1 Å². The summed E-state index contributed by atoms with van der Waals surface area (Å²) in [5.74, 6) is 0.0359. The fourth-order valence-electron chi connectivity index (χ4n) is 3.43. The molecule has 0 saturated carbocycles. The van der Waals surface area contributed by atoms with Crippen LogP contribution in [0.5, 0.6) is 5.75 Å². The molecule has 1 aliphatic heterocycles. The summed E-state index contributed by atoms with van der Waals surface area (Å²) in [4.78, 5) is 26.6. The minimum atomic E-state index is -0.672. The molecule has 0 aromatic heterocycles. The van der Waals surface area contributed by atoms with Gasteiger partial charge in [0, 0.05) is 19.2 Å². The highest BCUT2D eigenvalue weighted by molar-refractivity contribution is 6.42. The minimum Gasteiger partial charge on any atom is -0.467 e. The number of amides is 1. The van der Waals surface area contributed by atoms with Gasteiger partial charge in [0.1, 0.15) is 11.4 Å². The van der Waals surface area contributed by atoms with Crippen molar-refractivity contribution in [1.29, 1.82) is 0 Å². The molecule has 168 valence electrons. The number of esters is 1. The Kier molecular flexibility index (Phi) is 8.64. The monoisotopic (exact) mass is 461 g/mol. The van der Waals surface area contributed by atoms with E-state index < -0.39 is 17.7 Å². The van der Waals surface area contributed by atoms with Gasteiger partial charge in [-0.05, 0) is 52.2 Å². The maximum Gasteiger partial charge on any atom is 0.410 e. The van der Waals surface area contributed by atoms with Crippen LogP contribution in [0, 0.1) is 5.92 Å². The van der Waals surface area contributed by atoms with Gasteiger partial charge in [-0.1, -0.05) is 23.2 Å². The van der Waals surface area contributed by atoms with E-state index in [1.807, 2.05) is 0 Å². The van der Waals surface area contributed by atoms with Crippen molar-refractivity contribution < 1.29 is 28.5 Å². The number of hydrogen-bond acceptors (Lipinski definition) is 6. The number of hydrogen-bond donors (Lipinski definition) is 0. The predicted molar refractivity (Wildman–Crippen MR) is 114 cm³/mol. The van der Waals surface area contributed by atoms with Crippen molar-refractivity contribution >= 4 is 35.3 Å². The van der Waals surface area contributed by atoms with Gasteiger partial charge in [0.25, 0.3) is 0 Å². The molecule has 0 bridgehead atoms. The van der Waals surface area contributed by atoms with Crippen molar-refractivity contribution in [2.45, 2.75) is 52.2 Å². The van der Waals surface area contributed by atoms with Crippen LogP contribution in [-0.4, -0.2) is 49.6 Å². The van der Waals surface area contributed by atoms with E-state index in [0.717, 1.165) is 0 Å². The van der Waals surface area contributed by atoms with E-state index in [1.165, 1.54) is 7.11 Å². The van der Waals surface area contributed by atoms with Crippen molar-refractivity contribution in [1.82, 2.24) is 4.90 Å². The molecule has 9 heteroatoms. The third-order valence-electron chi connectivity index (χ3n) is 4.53. The molecule has 1 saturated heterocycles. The Morgan fingerprint density at radius 2 is 1.93 bits per heavy atom. The average Bonchev–Trinajstić information content (AvgIpc) is 3.04. The molecule has 2 unspecified atom stereocenters. The molecule has 1 heterocycles. The van der Waals surface area contributed by atoms with E-state index in [9.17, 15) is 9.59 Å². The summed E-state index contributed by atoms with van der Waals surface area (Å²) in [7, 11) is 1.51. The fourth-order valence-corrected chi connectivity index (χ4v) is 3.88. The number of nitrogens with zero attached hydrogens (tertiary/aromatic N) is 1. The summed E-state index contributed by atoms with van der Waals surface area (Å²) in [5, 5.41) is 0.634. The van der Waals surface area contributed by atoms with Crippen molar-refractivity contribution in [3.63, 3.8) is 0 Å². The molecule has 2 rings (SSSR count). The van der Waals surface area contributed by atoms with Gasteiger partial charge < -0.3 is 23.8 Å². The van der Waals surface area contributed by atoms with E-state index in [4.69, 9.17) is 42.1 Å². The summed E-state index contributed by atoms with van der Waals surface area (Å²) in [6.07, 6.45) is 0.185. The smallest absolute Gasteiger partial charge is 0.410 e. The summed E-state index contributed by atoms with van der Waals surface area (Å²) < 4.78 is 21.4. The molecule has 0 N–H and O–H groups in total. The van der Waals surface area contributed by atoms with Crippen molar-refractivity contribution in [3.05, 3.63) is 27.7 Å². The third-order valence-corrected chi connectivity index (χ3v) is 5.35. The van der Waals surface area contributed by atoms with Gasteiger partial charge in [-0.3, -0.25) is 4.79 Å². The standard InChI is InChI=1S/C21H29Cl2NO6/c1-6-28-17(25)10-13-9-15(24(11-13)20(26)30-21(2,3)4)18-16(29-12-27-5)8-7-14(22)19(18)23/h7-8,13,15H,6,9-12H2,1-5H3. The molecule has 2 atom stereocenters. The molecule has 1 fully saturated rings. The lowest BCUT2D eigenvalue weighted by Gasteiger charge is -2.30. The van der Waals surface area contributed by atoms with E-state index >= 15 is 0 Å². The van der Waals surface area contributed by atoms with Crippen LogP contribution in [0.4, 0.5) is 4.79 Å². The Morgan fingerprint density at radius 3 is 2.53 bits per heavy atom. The highest BCUT2D eigenvalue weighted by Gasteiger charge is 2.41. The predicted octanol–water partition coefficient (Wildman–Crippen LogP) is 5.23. The zero-order valence-corrected chi connectivity index (χ0v) is 19.5. The molecule has 1 aliphatic rings. The Labute approximate surface area is 187 Å². The van der Waals surface area contributed by atoms with Gasteiger partial charge in [0.05, 0.1) is 29.1 Å². The van der Waals surface area contributed by atoms with Gasteiger partial charge in [-0.25, -0.2) is 4.79 Å². The number of carbonyl (C=O) groups is 2. The number of carbonyl (C=O) groups excluding carboxylic acids is 2. The Morgan fingerprint density at radius 1 is 1.23 bits per heavy atom. The van der Waals surface area contributed by atoms with Gasteiger partial charge in [0.15, 0.2) is 6.79 Å². The maximum absolute atomic E-state index is 13.0. The molecule has 7 nitrogen and oxygen atoms in total. The Balaban J connectivity index is 2.41. The second-order valence-corrected chi connectivity index (χ2v) is 8.87. The number of ether oxygens (including phenoxy) is 4. The van der Waals surface area contributed by atoms with Crippen LogP contribution in [0.15, 0.2) is 12.1 Å². The second-order valence-electron chi connectivity index (χ2n) is 8.08. The molecular formula is C21H29Cl2NO6. The highest BCUT2D eigenvalue weighted by atomic mass is 35.5. The Bertz CT molecular complexity index is 765. The molecular weight excluding hydrogens is 433 g/mol. The van der Waals surface area contributed by atoms with Crippen LogP contribution in [0.3, 0.4) is 0 Å². The van der Waals surface area contributed by atoms with Crippen LogP contribution >= 0.6 is 23.2 Å². The van der Waals surface area contributed by atoms with Gasteiger partial charge in [-0.2, -0.15) is 0 Å². The first-order valence-corrected chi connectivity index (χ1v) is 10.6. The summed E-state index contributed by atoms with van der Waals surface area (Å²) >= 11 is 12.8. The van der Waals surface area contributed by atoms with Crippen LogP contribution < -0.4 is 4.74 Å². The molecule has 0 aliphatic carbocycles. The lowest BCUT2D eigenvalue weighted by Crippen LogP contribution is -2.37. The molecule has 1 amide bonds. The molecule has 0 spiro atoms. The first-order chi connectivity index (χ1) is 14.1. The summed E-state index contributed by atoms with van der Waals surface area (Å²) in [5.41, 5.74) is -0.104. The van der Waals surface area contributed by atoms with E-state index in [1.54, 1.807) is 44.7 Å². The van der Waals surface area contributed by atoms with Crippen LogP contribution in [0.1, 0.15) is 52.1 Å². The fraction of sp³-hybridized carbons (Fsp3) is 0.619. The molecule has 0 radical (unpaired) electrons. The quantitative estimate of drug-likeness (QED) is 0.408. The van der Waals surface area contributed by atoms with E-state index in [0.29, 0.717) is 40.9 Å². The second kappa shape index (κ2) is 10.6. The number of rotatable bonds is 7. The van der Waals surface area contributed by atoms with Crippen LogP contribution in [-0.2, 0) is 19.0 Å². The van der Waals surface area contributed by atoms with Crippen molar-refractivity contribution in [2.24, 2.45) is 5.92 Å². The summed E-state index contributed by atoms with van der Waals surface area (Å²) in [6.45, 7) is 7.79. The maximum atomic E-state index is 13.0. The minimum absolute atomic E-state index is 0.0103. The molecule has 30 heavy (non-hydrogen) atoms. The number of likely N-dealkylation sites (tertiary alicyclic amines) is 1. The zero-order chi connectivity index (χ0) is 22.5. The third kappa shape index (κ3) is 6.40. The van der Waals surface area contributed by atoms with Crippen LogP contribution in [0.25, 0.3) is 0 Å². The lowest BCUT2D eigenvalue weighted by atomic mass is 9.97. The van der Waals surface area contributed by atoms with Crippen molar-refractivity contribution in [2.75, 3.05) is 27.1 Å². The van der Waals surface area contributed by atoms with Gasteiger partial charge in [-0.15, -0.1) is 0 Å². The first kappa shape index (κ1) is 24.6. The largest absolute Gasteiger partial charge is 0.467 e. The van der Waals surface area contributed by atoms with Gasteiger partial charge >= 0.3 is 12.1 Å². The average molecular weight is 462 g/mol. The zero-order valence-electron chi connectivity index (χ0n) is 18.0. The Hall–Kier alpha value is -1.70. The number of benzene rings is 1. The van der Waals surface area contributed by atoms with Crippen molar-refractivity contribution in [3.8, 4) is 5.75 Å². The SMILES string of the molecule is CCOC(=O)CC1CC(c2c(OCOC)ccc(Cl)c2Cl)N(C(=O)OC(C)(C)C)C1. The van der Waals surface area contributed by atoms with Crippen LogP contribution in [0.2, 0.25) is 10.0 Å². The lowest BCUT2D eigenvalue weighted by molar-refractivity contribution is -0.144. The topological polar surface area (TPSA) is 74.3 Å². The normalized spacial score (nSPS) is 19.0. The van der Waals surface area contributed by atoms with Gasteiger partial charge in [0.2, 0.25) is 0 Å². The number of halogens is 2. The summed E-state index contributed by atoms with van der Waals surface area (Å²) in [6, 6.07) is 2.84. The van der Waals surface area contributed by atoms with E-state index in [2.05, 4.69) is 0 Å². The molecule has 1 aromatic rings. The highest BCUT2D eigenvalue weighted by Crippen LogP contribution is 2.46. The number of methoxy groups -OCH3 is 1. The molecule has 1 aromatic carbocycles.